The number of benzene rings is 1. The molecule has 0 bridgehead atoms. The van der Waals surface area contributed by atoms with Gasteiger partial charge in [0.25, 0.3) is 5.65 Å². The molecule has 3 N–H and O–H groups in total. The van der Waals surface area contributed by atoms with Crippen LogP contribution in [0.25, 0.3) is 5.65 Å². The molecule has 0 fully saturated rings. The van der Waals surface area contributed by atoms with E-state index >= 15 is 0 Å². The van der Waals surface area contributed by atoms with Crippen molar-refractivity contribution >= 4 is 17.4 Å². The van der Waals surface area contributed by atoms with Gasteiger partial charge in [0, 0.05) is 16.7 Å². The van der Waals surface area contributed by atoms with Crippen molar-refractivity contribution in [3.05, 3.63) is 40.5 Å². The first kappa shape index (κ1) is 24.4. The maximum atomic E-state index is 13.2. The second-order valence-corrected chi connectivity index (χ2v) is 9.15. The molecule has 2 aromatic heterocycles. The molecule has 178 valence electrons. The monoisotopic (exact) mass is 456 g/mol. The van der Waals surface area contributed by atoms with Crippen LogP contribution in [0.5, 0.6) is 11.6 Å². The zero-order valence-corrected chi connectivity index (χ0v) is 20.3. The highest BCUT2D eigenvalue weighted by molar-refractivity contribution is 5.95. The number of aryl methyl sites for hydroxylation is 1. The van der Waals surface area contributed by atoms with E-state index < -0.39 is 0 Å². The van der Waals surface area contributed by atoms with Crippen molar-refractivity contribution in [1.29, 1.82) is 0 Å². The molecule has 2 heterocycles. The highest BCUT2D eigenvalue weighted by atomic mass is 16.5. The van der Waals surface area contributed by atoms with Gasteiger partial charge in [-0.2, -0.15) is 0 Å². The Morgan fingerprint density at radius 2 is 1.88 bits per heavy atom. The molecule has 0 aliphatic heterocycles. The number of nitrogens with two attached hydrogens (primary N) is 1. The Hall–Kier alpha value is -3.20. The lowest BCUT2D eigenvalue weighted by Crippen LogP contribution is -2.42. The number of ketones is 1. The van der Waals surface area contributed by atoms with Gasteiger partial charge in [-0.3, -0.25) is 10.5 Å². The zero-order chi connectivity index (χ0) is 24.3. The van der Waals surface area contributed by atoms with Gasteiger partial charge in [-0.05, 0) is 49.4 Å². The maximum absolute atomic E-state index is 13.2. The van der Waals surface area contributed by atoms with E-state index in [-0.39, 0.29) is 36.9 Å². The maximum Gasteiger partial charge on any atom is 0.401 e. The lowest BCUT2D eigenvalue weighted by Gasteiger charge is -2.21. The van der Waals surface area contributed by atoms with Gasteiger partial charge in [0.05, 0.1) is 13.2 Å². The SMILES string of the molecule is CCCOc1nn2c(N)[n+](CC(=O)c3cc(OCCO)cc(C(C)(C)C)c3)nc2c(C)c1C. The number of ether oxygens (including phenoxy) is 2. The second kappa shape index (κ2) is 9.74. The summed E-state index contributed by atoms with van der Waals surface area (Å²) < 4.78 is 14.3. The van der Waals surface area contributed by atoms with Gasteiger partial charge in [0.2, 0.25) is 5.88 Å². The van der Waals surface area contributed by atoms with Crippen molar-refractivity contribution in [2.24, 2.45) is 0 Å². The quantitative estimate of drug-likeness (QED) is 0.375. The van der Waals surface area contributed by atoms with Crippen molar-refractivity contribution in [1.82, 2.24) is 14.7 Å². The number of aromatic nitrogens is 4. The molecule has 0 amide bonds. The van der Waals surface area contributed by atoms with Crippen LogP contribution in [0.4, 0.5) is 5.95 Å². The van der Waals surface area contributed by atoms with E-state index in [4.69, 9.17) is 20.3 Å². The van der Waals surface area contributed by atoms with Crippen LogP contribution < -0.4 is 19.9 Å². The standard InChI is InChI=1S/C24H33N5O4/c1-7-9-33-22-16(3)15(2)21-26-28(23(25)29(21)27-22)14-20(31)17-11-18(24(4,5)6)13-19(12-17)32-10-8-30/h11-13,25,30H,7-10,14H2,1-6H3/p+1. The molecular weight excluding hydrogens is 422 g/mol. The number of Topliss-reactive ketones (excluding diaryl/α,β-unsaturated/α-hetero) is 1. The van der Waals surface area contributed by atoms with E-state index in [9.17, 15) is 4.79 Å². The van der Waals surface area contributed by atoms with Crippen LogP contribution in [0, 0.1) is 13.8 Å². The highest BCUT2D eigenvalue weighted by Gasteiger charge is 2.25. The molecule has 0 unspecified atom stereocenters. The topological polar surface area (TPSA) is 116 Å². The van der Waals surface area contributed by atoms with Gasteiger partial charge >= 0.3 is 5.95 Å². The minimum atomic E-state index is -0.184. The number of hydrogen-bond acceptors (Lipinski definition) is 7. The predicted molar refractivity (Wildman–Crippen MR) is 125 cm³/mol. The molecule has 0 aliphatic rings. The van der Waals surface area contributed by atoms with Gasteiger partial charge in [0.15, 0.2) is 12.3 Å². The van der Waals surface area contributed by atoms with E-state index in [1.54, 1.807) is 6.07 Å². The summed E-state index contributed by atoms with van der Waals surface area (Å²) in [5.74, 6) is 1.13. The van der Waals surface area contributed by atoms with E-state index in [2.05, 4.69) is 31.0 Å². The second-order valence-electron chi connectivity index (χ2n) is 9.15. The Morgan fingerprint density at radius 1 is 1.15 bits per heavy atom. The average molecular weight is 457 g/mol. The number of anilines is 1. The first-order valence-corrected chi connectivity index (χ1v) is 11.2. The molecule has 0 aliphatic carbocycles. The molecule has 9 nitrogen and oxygen atoms in total. The summed E-state index contributed by atoms with van der Waals surface area (Å²) in [7, 11) is 0. The van der Waals surface area contributed by atoms with Crippen LogP contribution in [-0.2, 0) is 12.0 Å². The number of rotatable bonds is 9. The lowest BCUT2D eigenvalue weighted by atomic mass is 9.85. The number of aliphatic hydroxyl groups is 1. The number of carbonyl (C=O) groups is 1. The molecule has 0 saturated heterocycles. The summed E-state index contributed by atoms with van der Waals surface area (Å²) in [4.78, 5) is 13.2. The summed E-state index contributed by atoms with van der Waals surface area (Å²) in [5.41, 5.74) is 9.95. The minimum absolute atomic E-state index is 0.0497. The first-order valence-electron chi connectivity index (χ1n) is 11.2. The molecule has 0 atom stereocenters. The molecule has 3 rings (SSSR count). The number of carbonyl (C=O) groups excluding carboxylic acids is 1. The molecule has 0 radical (unpaired) electrons. The third-order valence-electron chi connectivity index (χ3n) is 5.50. The van der Waals surface area contributed by atoms with Gasteiger partial charge in [-0.1, -0.05) is 42.4 Å². The molecule has 9 heteroatoms. The fourth-order valence-electron chi connectivity index (χ4n) is 3.37. The van der Waals surface area contributed by atoms with Gasteiger partial charge in [-0.25, -0.2) is 0 Å². The molecule has 0 spiro atoms. The summed E-state index contributed by atoms with van der Waals surface area (Å²) in [5, 5.41) is 18.2. The summed E-state index contributed by atoms with van der Waals surface area (Å²) in [6.07, 6.45) is 0.865. The molecule has 1 aromatic carbocycles. The summed E-state index contributed by atoms with van der Waals surface area (Å²) in [6.45, 7) is 12.6. The Labute approximate surface area is 194 Å². The van der Waals surface area contributed by atoms with Crippen molar-refractivity contribution in [2.75, 3.05) is 25.6 Å². The molecular formula is C24H34N5O4+. The Morgan fingerprint density at radius 3 is 2.52 bits per heavy atom. The fraction of sp³-hybridized carbons (Fsp3) is 0.500. The van der Waals surface area contributed by atoms with E-state index in [0.29, 0.717) is 29.4 Å². The number of fused-ring (bicyclic) bond motifs is 1. The van der Waals surface area contributed by atoms with Crippen molar-refractivity contribution < 1.29 is 24.1 Å². The first-order chi connectivity index (χ1) is 15.6. The molecule has 0 saturated carbocycles. The van der Waals surface area contributed by atoms with Crippen molar-refractivity contribution in [2.45, 2.75) is 59.9 Å². The minimum Gasteiger partial charge on any atom is -0.491 e. The Bertz CT molecular complexity index is 1160. The van der Waals surface area contributed by atoms with Crippen LogP contribution in [0.15, 0.2) is 18.2 Å². The summed E-state index contributed by atoms with van der Waals surface area (Å²) in [6, 6.07) is 5.45. The largest absolute Gasteiger partial charge is 0.491 e. The number of aliphatic hydroxyl groups excluding tert-OH is 1. The third-order valence-corrected chi connectivity index (χ3v) is 5.50. The van der Waals surface area contributed by atoms with Crippen LogP contribution in [-0.4, -0.2) is 45.4 Å². The number of nitrogen functional groups attached to an aromatic ring is 1. The van der Waals surface area contributed by atoms with E-state index in [1.807, 2.05) is 32.9 Å². The highest BCUT2D eigenvalue weighted by Crippen LogP contribution is 2.28. The van der Waals surface area contributed by atoms with Gasteiger partial charge in [0.1, 0.15) is 12.4 Å². The lowest BCUT2D eigenvalue weighted by molar-refractivity contribution is -0.723. The van der Waals surface area contributed by atoms with E-state index in [0.717, 1.165) is 23.1 Å². The molecule has 3 aromatic rings. The van der Waals surface area contributed by atoms with Crippen LogP contribution >= 0.6 is 0 Å². The van der Waals surface area contributed by atoms with Crippen LogP contribution in [0.3, 0.4) is 0 Å². The Balaban J connectivity index is 1.98. The molecule has 33 heavy (non-hydrogen) atoms. The smallest absolute Gasteiger partial charge is 0.401 e. The Kier molecular flexibility index (Phi) is 7.22. The van der Waals surface area contributed by atoms with E-state index in [1.165, 1.54) is 9.20 Å². The van der Waals surface area contributed by atoms with Gasteiger partial charge < -0.3 is 14.6 Å². The van der Waals surface area contributed by atoms with Crippen LogP contribution in [0.2, 0.25) is 0 Å². The van der Waals surface area contributed by atoms with Crippen molar-refractivity contribution in [3.8, 4) is 11.6 Å². The predicted octanol–water partition coefficient (Wildman–Crippen LogP) is 2.56. The third kappa shape index (κ3) is 5.24. The number of nitrogens with zero attached hydrogens (tertiary/aromatic N) is 4. The average Bonchev–Trinajstić information content (AvgIpc) is 3.08. The van der Waals surface area contributed by atoms with Gasteiger partial charge in [-0.15, -0.1) is 4.68 Å². The zero-order valence-electron chi connectivity index (χ0n) is 20.3. The normalized spacial score (nSPS) is 11.7. The van der Waals surface area contributed by atoms with Crippen molar-refractivity contribution in [3.63, 3.8) is 0 Å². The van der Waals surface area contributed by atoms with Crippen LogP contribution in [0.1, 0.15) is 61.2 Å². The fourth-order valence-corrected chi connectivity index (χ4v) is 3.37. The number of hydrogen-bond donors (Lipinski definition) is 2. The summed E-state index contributed by atoms with van der Waals surface area (Å²) >= 11 is 0.